The molecule has 0 saturated heterocycles. The van der Waals surface area contributed by atoms with Crippen LogP contribution in [0.3, 0.4) is 0 Å². The molecule has 6 rings (SSSR count). The lowest BCUT2D eigenvalue weighted by Gasteiger charge is -2.58. The average molecular weight is 490 g/mol. The van der Waals surface area contributed by atoms with Crippen molar-refractivity contribution in [1.82, 2.24) is 9.97 Å². The second-order valence-electron chi connectivity index (χ2n) is 11.2. The number of pyridine rings is 1. The number of aliphatic hydroxyl groups is 1. The summed E-state index contributed by atoms with van der Waals surface area (Å²) in [5.74, 6) is 1.24. The fourth-order valence-corrected chi connectivity index (χ4v) is 8.75. The molecule has 4 aliphatic carbocycles. The van der Waals surface area contributed by atoms with Gasteiger partial charge in [0.15, 0.2) is 10.9 Å². The molecule has 2 heterocycles. The highest BCUT2D eigenvalue weighted by Crippen LogP contribution is 2.67. The van der Waals surface area contributed by atoms with Crippen LogP contribution in [0.5, 0.6) is 0 Å². The van der Waals surface area contributed by atoms with Gasteiger partial charge in [-0.25, -0.2) is 4.98 Å². The molecule has 7 heteroatoms. The zero-order valence-electron chi connectivity index (χ0n) is 20.1. The molecule has 3 saturated carbocycles. The number of nitrogens with one attached hydrogen (secondary N) is 1. The first kappa shape index (κ1) is 22.8. The van der Waals surface area contributed by atoms with Crippen LogP contribution in [-0.2, 0) is 4.79 Å². The Morgan fingerprint density at radius 1 is 1.20 bits per heavy atom. The fourth-order valence-electron chi connectivity index (χ4n) is 7.99. The molecule has 35 heavy (non-hydrogen) atoms. The van der Waals surface area contributed by atoms with Gasteiger partial charge in [-0.1, -0.05) is 25.5 Å². The molecule has 0 aliphatic heterocycles. The summed E-state index contributed by atoms with van der Waals surface area (Å²) in [5, 5.41) is 17.2. The van der Waals surface area contributed by atoms with E-state index < -0.39 is 6.10 Å². The number of ketones is 1. The Bertz CT molecular complexity index is 1240. The van der Waals surface area contributed by atoms with E-state index in [9.17, 15) is 14.7 Å². The van der Waals surface area contributed by atoms with Crippen molar-refractivity contribution in [3.05, 3.63) is 65.0 Å². The van der Waals surface area contributed by atoms with E-state index in [1.807, 2.05) is 6.08 Å². The fraction of sp³-hybridized carbons (Fsp3) is 0.500. The molecule has 2 aromatic rings. The lowest BCUT2D eigenvalue weighted by atomic mass is 9.47. The van der Waals surface area contributed by atoms with Crippen molar-refractivity contribution >= 4 is 28.2 Å². The van der Waals surface area contributed by atoms with Gasteiger partial charge in [0, 0.05) is 40.6 Å². The number of anilines is 1. The average Bonchev–Trinajstić information content (AvgIpc) is 3.43. The van der Waals surface area contributed by atoms with Crippen molar-refractivity contribution in [2.45, 2.75) is 58.0 Å². The topological polar surface area (TPSA) is 92.2 Å². The summed E-state index contributed by atoms with van der Waals surface area (Å²) in [6, 6.07) is 3.38. The van der Waals surface area contributed by atoms with Crippen LogP contribution in [0.4, 0.5) is 5.13 Å². The smallest absolute Gasteiger partial charge is 0.257 e. The van der Waals surface area contributed by atoms with Gasteiger partial charge in [0.05, 0.1) is 11.8 Å². The molecule has 4 aliphatic rings. The lowest BCUT2D eigenvalue weighted by Crippen LogP contribution is -2.55. The Morgan fingerprint density at radius 2 is 2.00 bits per heavy atom. The van der Waals surface area contributed by atoms with Crippen molar-refractivity contribution in [1.29, 1.82) is 0 Å². The van der Waals surface area contributed by atoms with Gasteiger partial charge in [0.1, 0.15) is 0 Å². The minimum atomic E-state index is -0.419. The Labute approximate surface area is 209 Å². The number of nitrogens with zero attached hydrogens (tertiary/aromatic N) is 2. The molecule has 0 bridgehead atoms. The molecule has 0 radical (unpaired) electrons. The summed E-state index contributed by atoms with van der Waals surface area (Å²) >= 11 is 1.47. The van der Waals surface area contributed by atoms with E-state index >= 15 is 0 Å². The Morgan fingerprint density at radius 3 is 2.80 bits per heavy atom. The van der Waals surface area contributed by atoms with Gasteiger partial charge in [0.25, 0.3) is 5.91 Å². The maximum absolute atomic E-state index is 12.6. The number of carbonyl (C=O) groups excluding carboxylic acids is 2. The van der Waals surface area contributed by atoms with Crippen molar-refractivity contribution in [2.75, 3.05) is 5.32 Å². The van der Waals surface area contributed by atoms with Gasteiger partial charge in [0.2, 0.25) is 0 Å². The van der Waals surface area contributed by atoms with Crippen molar-refractivity contribution < 1.29 is 14.7 Å². The number of aromatic nitrogens is 2. The predicted molar refractivity (Wildman–Crippen MR) is 135 cm³/mol. The monoisotopic (exact) mass is 489 g/mol. The number of rotatable bonds is 3. The summed E-state index contributed by atoms with van der Waals surface area (Å²) in [4.78, 5) is 33.4. The van der Waals surface area contributed by atoms with Crippen molar-refractivity contribution in [2.24, 2.45) is 28.6 Å². The van der Waals surface area contributed by atoms with E-state index in [-0.39, 0.29) is 34.4 Å². The minimum Gasteiger partial charge on any atom is -0.393 e. The normalized spacial score (nSPS) is 37.7. The Hall–Kier alpha value is -2.64. The van der Waals surface area contributed by atoms with E-state index in [1.165, 1.54) is 16.9 Å². The first-order valence-corrected chi connectivity index (χ1v) is 13.5. The highest BCUT2D eigenvalue weighted by Gasteiger charge is 2.62. The highest BCUT2D eigenvalue weighted by atomic mass is 32.1. The van der Waals surface area contributed by atoms with Crippen LogP contribution in [0.1, 0.15) is 67.9 Å². The van der Waals surface area contributed by atoms with Crippen LogP contribution in [0.25, 0.3) is 0 Å². The van der Waals surface area contributed by atoms with Gasteiger partial charge in [-0.15, -0.1) is 11.3 Å². The summed E-state index contributed by atoms with van der Waals surface area (Å²) in [7, 11) is 0. The van der Waals surface area contributed by atoms with Gasteiger partial charge in [-0.3, -0.25) is 19.9 Å². The summed E-state index contributed by atoms with van der Waals surface area (Å²) < 4.78 is 0. The first-order valence-electron chi connectivity index (χ1n) is 12.6. The van der Waals surface area contributed by atoms with Gasteiger partial charge in [-0.05, 0) is 73.6 Å². The summed E-state index contributed by atoms with van der Waals surface area (Å²) in [5.41, 5.74) is 2.51. The largest absolute Gasteiger partial charge is 0.393 e. The predicted octanol–water partition coefficient (Wildman–Crippen LogP) is 5.15. The summed E-state index contributed by atoms with van der Waals surface area (Å²) in [6.07, 6.45) is 13.2. The van der Waals surface area contributed by atoms with Gasteiger partial charge >= 0.3 is 0 Å². The van der Waals surface area contributed by atoms with E-state index in [0.717, 1.165) is 37.8 Å². The molecule has 0 aromatic carbocycles. The lowest BCUT2D eigenvalue weighted by molar-refractivity contribution is -0.115. The zero-order valence-corrected chi connectivity index (χ0v) is 20.9. The van der Waals surface area contributed by atoms with Crippen LogP contribution in [0.2, 0.25) is 0 Å². The van der Waals surface area contributed by atoms with Gasteiger partial charge < -0.3 is 5.11 Å². The molecule has 6 nitrogen and oxygen atoms in total. The molecule has 1 amide bonds. The second kappa shape index (κ2) is 8.20. The Balaban J connectivity index is 1.24. The Kier molecular flexibility index (Phi) is 5.34. The first-order chi connectivity index (χ1) is 16.8. The molecular formula is C28H31N3O3S. The van der Waals surface area contributed by atoms with Crippen LogP contribution in [-0.4, -0.2) is 32.9 Å². The third-order valence-electron chi connectivity index (χ3n) is 9.53. The molecule has 2 N–H and O–H groups in total. The van der Waals surface area contributed by atoms with Gasteiger partial charge in [-0.2, -0.15) is 0 Å². The van der Waals surface area contributed by atoms with Crippen molar-refractivity contribution in [3.63, 3.8) is 0 Å². The summed E-state index contributed by atoms with van der Waals surface area (Å²) in [6.45, 7) is 4.56. The maximum Gasteiger partial charge on any atom is 0.257 e. The number of hydrogen-bond acceptors (Lipinski definition) is 6. The number of aliphatic hydroxyl groups excluding tert-OH is 1. The molecule has 7 unspecified atom stereocenters. The van der Waals surface area contributed by atoms with Crippen molar-refractivity contribution in [3.8, 4) is 0 Å². The third kappa shape index (κ3) is 3.54. The number of hydrogen-bond donors (Lipinski definition) is 2. The molecule has 0 spiro atoms. The number of carbonyl (C=O) groups is 2. The minimum absolute atomic E-state index is 0.0349. The number of allylic oxidation sites excluding steroid dienone is 4. The van der Waals surface area contributed by atoms with E-state index in [1.54, 1.807) is 30.6 Å². The molecule has 2 aromatic heterocycles. The van der Waals surface area contributed by atoms with Crippen LogP contribution in [0.15, 0.2) is 53.7 Å². The maximum atomic E-state index is 12.6. The number of amides is 1. The second-order valence-corrected chi connectivity index (χ2v) is 12.1. The third-order valence-corrected chi connectivity index (χ3v) is 10.3. The molecule has 182 valence electrons. The molecular weight excluding hydrogens is 458 g/mol. The standard InChI is InChI=1S/C28H31N3O3S/c1-27-10-7-18(32)13-17(27)3-4-19-20-5-6-21(28(20,2)14-23(33)24(19)27)22-15-35-26(30-22)31-25(34)16-8-11-29-12-9-16/h7-13,15,19-21,23-24,33H,3-6,14H2,1-2H3,(H,30,31,34). The van der Waals surface area contributed by atoms with Crippen LogP contribution >= 0.6 is 11.3 Å². The highest BCUT2D eigenvalue weighted by molar-refractivity contribution is 7.14. The van der Waals surface area contributed by atoms with E-state index in [0.29, 0.717) is 22.5 Å². The van der Waals surface area contributed by atoms with Crippen LogP contribution < -0.4 is 5.32 Å². The molecule has 7 atom stereocenters. The SMILES string of the molecule is CC12C=CC(=O)C=C1CCC1C2C(O)CC2(C)C(c3csc(NC(=O)c4ccncc4)n3)CCC12. The van der Waals surface area contributed by atoms with E-state index in [4.69, 9.17) is 4.98 Å². The quantitative estimate of drug-likeness (QED) is 0.622. The number of fused-ring (bicyclic) bond motifs is 5. The van der Waals surface area contributed by atoms with Crippen LogP contribution in [0, 0.1) is 28.6 Å². The zero-order chi connectivity index (χ0) is 24.4. The number of thiazole rings is 1. The molecule has 3 fully saturated rings. The van der Waals surface area contributed by atoms with E-state index in [2.05, 4.69) is 35.6 Å².